The fourth-order valence-corrected chi connectivity index (χ4v) is 2.34. The Kier molecular flexibility index (Phi) is 9.21. The molecule has 0 heterocycles. The molecule has 2 nitrogen and oxygen atoms in total. The van der Waals surface area contributed by atoms with Crippen molar-refractivity contribution in [2.75, 3.05) is 19.6 Å². The molecule has 1 atom stereocenters. The van der Waals surface area contributed by atoms with Crippen LogP contribution >= 0.6 is 0 Å². The zero-order valence-electron chi connectivity index (χ0n) is 12.3. The summed E-state index contributed by atoms with van der Waals surface area (Å²) in [5, 5.41) is 3.31. The van der Waals surface area contributed by atoms with Crippen LogP contribution in [0.15, 0.2) is 0 Å². The van der Waals surface area contributed by atoms with E-state index in [0.29, 0.717) is 24.5 Å². The summed E-state index contributed by atoms with van der Waals surface area (Å²) in [4.78, 5) is 2.63. The standard InChI is InChI=1S/C15H30N2/c1-7-10-16-11-14(6)17(12-13(4)5)15(8-2)9-3/h1,13-16H,8-12H2,2-6H3. The summed E-state index contributed by atoms with van der Waals surface area (Å²) in [7, 11) is 0. The summed E-state index contributed by atoms with van der Waals surface area (Å²) < 4.78 is 0. The van der Waals surface area contributed by atoms with E-state index in [2.05, 4.69) is 50.8 Å². The molecule has 0 fully saturated rings. The van der Waals surface area contributed by atoms with Crippen LogP contribution in [0.3, 0.4) is 0 Å². The van der Waals surface area contributed by atoms with Gasteiger partial charge in [0.15, 0.2) is 0 Å². The van der Waals surface area contributed by atoms with Crippen molar-refractivity contribution in [3.63, 3.8) is 0 Å². The van der Waals surface area contributed by atoms with Gasteiger partial charge in [0.2, 0.25) is 0 Å². The minimum absolute atomic E-state index is 0.552. The molecule has 0 saturated carbocycles. The number of hydrogen-bond donors (Lipinski definition) is 1. The molecule has 0 amide bonds. The molecule has 0 spiro atoms. The highest BCUT2D eigenvalue weighted by Crippen LogP contribution is 2.14. The van der Waals surface area contributed by atoms with Crippen LogP contribution in [-0.2, 0) is 0 Å². The first kappa shape index (κ1) is 16.5. The van der Waals surface area contributed by atoms with E-state index in [4.69, 9.17) is 6.42 Å². The Bertz CT molecular complexity index is 213. The van der Waals surface area contributed by atoms with Crippen LogP contribution in [-0.4, -0.2) is 36.6 Å². The van der Waals surface area contributed by atoms with Gasteiger partial charge < -0.3 is 5.32 Å². The van der Waals surface area contributed by atoms with E-state index in [0.717, 1.165) is 6.54 Å². The van der Waals surface area contributed by atoms with E-state index >= 15 is 0 Å². The van der Waals surface area contributed by atoms with Crippen molar-refractivity contribution in [1.82, 2.24) is 10.2 Å². The number of rotatable bonds is 9. The quantitative estimate of drug-likeness (QED) is 0.491. The summed E-state index contributed by atoms with van der Waals surface area (Å²) in [5.41, 5.74) is 0. The molecule has 0 aliphatic rings. The average molecular weight is 238 g/mol. The molecule has 0 aromatic rings. The summed E-state index contributed by atoms with van der Waals surface area (Å²) in [6.07, 6.45) is 7.71. The lowest BCUT2D eigenvalue weighted by Crippen LogP contribution is -2.47. The van der Waals surface area contributed by atoms with Crippen LogP contribution in [0.25, 0.3) is 0 Å². The van der Waals surface area contributed by atoms with Crippen molar-refractivity contribution in [1.29, 1.82) is 0 Å². The van der Waals surface area contributed by atoms with Gasteiger partial charge >= 0.3 is 0 Å². The molecule has 1 unspecified atom stereocenters. The van der Waals surface area contributed by atoms with Gasteiger partial charge in [-0.1, -0.05) is 33.6 Å². The number of nitrogens with zero attached hydrogens (tertiary/aromatic N) is 1. The van der Waals surface area contributed by atoms with Crippen molar-refractivity contribution >= 4 is 0 Å². The van der Waals surface area contributed by atoms with E-state index in [-0.39, 0.29) is 0 Å². The summed E-state index contributed by atoms with van der Waals surface area (Å²) >= 11 is 0. The number of hydrogen-bond acceptors (Lipinski definition) is 2. The van der Waals surface area contributed by atoms with Gasteiger partial charge in [0.1, 0.15) is 0 Å². The van der Waals surface area contributed by atoms with E-state index in [1.54, 1.807) is 0 Å². The molecule has 0 saturated heterocycles. The normalized spacial score (nSPS) is 13.4. The highest BCUT2D eigenvalue weighted by atomic mass is 15.2. The second-order valence-corrected chi connectivity index (χ2v) is 5.25. The smallest absolute Gasteiger partial charge is 0.0574 e. The van der Waals surface area contributed by atoms with Gasteiger partial charge in [-0.05, 0) is 25.7 Å². The largest absolute Gasteiger partial charge is 0.305 e. The van der Waals surface area contributed by atoms with Gasteiger partial charge in [-0.15, -0.1) is 6.42 Å². The number of terminal acetylenes is 1. The van der Waals surface area contributed by atoms with Crippen molar-refractivity contribution < 1.29 is 0 Å². The monoisotopic (exact) mass is 238 g/mol. The molecule has 0 aromatic heterocycles. The Morgan fingerprint density at radius 2 is 1.76 bits per heavy atom. The van der Waals surface area contributed by atoms with Crippen LogP contribution < -0.4 is 5.32 Å². The molecule has 0 bridgehead atoms. The van der Waals surface area contributed by atoms with Crippen LogP contribution in [0, 0.1) is 18.3 Å². The highest BCUT2D eigenvalue weighted by Gasteiger charge is 2.21. The summed E-state index contributed by atoms with van der Waals surface area (Å²) in [6.45, 7) is 14.3. The molecule has 1 N–H and O–H groups in total. The molecular formula is C15H30N2. The van der Waals surface area contributed by atoms with Gasteiger partial charge in [0.25, 0.3) is 0 Å². The fourth-order valence-electron chi connectivity index (χ4n) is 2.34. The third-order valence-electron chi connectivity index (χ3n) is 3.22. The van der Waals surface area contributed by atoms with Gasteiger partial charge in [0, 0.05) is 25.2 Å². The molecule has 0 aliphatic heterocycles. The Balaban J connectivity index is 4.38. The topological polar surface area (TPSA) is 15.3 Å². The second-order valence-electron chi connectivity index (χ2n) is 5.25. The van der Waals surface area contributed by atoms with Crippen molar-refractivity contribution in [3.05, 3.63) is 0 Å². The molecule has 0 aromatic carbocycles. The van der Waals surface area contributed by atoms with Crippen molar-refractivity contribution in [3.8, 4) is 12.3 Å². The summed E-state index contributed by atoms with van der Waals surface area (Å²) in [5.74, 6) is 3.34. The number of nitrogens with one attached hydrogen (secondary N) is 1. The van der Waals surface area contributed by atoms with E-state index < -0.39 is 0 Å². The van der Waals surface area contributed by atoms with Gasteiger partial charge in [-0.3, -0.25) is 4.90 Å². The highest BCUT2D eigenvalue weighted by molar-refractivity contribution is 4.87. The molecule has 0 aliphatic carbocycles. The predicted molar refractivity (Wildman–Crippen MR) is 77.1 cm³/mol. The fraction of sp³-hybridized carbons (Fsp3) is 0.867. The Labute approximate surface area is 108 Å². The van der Waals surface area contributed by atoms with Crippen molar-refractivity contribution in [2.45, 2.75) is 59.5 Å². The molecule has 0 radical (unpaired) electrons. The maximum atomic E-state index is 5.26. The van der Waals surface area contributed by atoms with Crippen LogP contribution in [0.4, 0.5) is 0 Å². The lowest BCUT2D eigenvalue weighted by Gasteiger charge is -2.37. The van der Waals surface area contributed by atoms with Crippen molar-refractivity contribution in [2.24, 2.45) is 5.92 Å². The van der Waals surface area contributed by atoms with E-state index in [9.17, 15) is 0 Å². The van der Waals surface area contributed by atoms with Gasteiger partial charge in [0.05, 0.1) is 6.54 Å². The lowest BCUT2D eigenvalue weighted by molar-refractivity contribution is 0.117. The summed E-state index contributed by atoms with van der Waals surface area (Å²) in [6, 6.07) is 1.25. The average Bonchev–Trinajstić information content (AvgIpc) is 2.29. The molecule has 100 valence electrons. The minimum atomic E-state index is 0.552. The Morgan fingerprint density at radius 1 is 1.18 bits per heavy atom. The SMILES string of the molecule is C#CCNCC(C)N(CC(C)C)C(CC)CC. The third kappa shape index (κ3) is 6.71. The molecule has 17 heavy (non-hydrogen) atoms. The zero-order valence-corrected chi connectivity index (χ0v) is 12.3. The van der Waals surface area contributed by atoms with Crippen LogP contribution in [0.1, 0.15) is 47.5 Å². The predicted octanol–water partition coefficient (Wildman–Crippen LogP) is 2.74. The Hall–Kier alpha value is -0.520. The van der Waals surface area contributed by atoms with E-state index in [1.165, 1.54) is 19.4 Å². The minimum Gasteiger partial charge on any atom is -0.305 e. The van der Waals surface area contributed by atoms with Crippen LogP contribution in [0.5, 0.6) is 0 Å². The first-order valence-corrected chi connectivity index (χ1v) is 6.96. The molecule has 2 heteroatoms. The first-order valence-electron chi connectivity index (χ1n) is 6.96. The van der Waals surface area contributed by atoms with Crippen LogP contribution in [0.2, 0.25) is 0 Å². The first-order chi connectivity index (χ1) is 8.06. The zero-order chi connectivity index (χ0) is 13.3. The maximum absolute atomic E-state index is 5.26. The lowest BCUT2D eigenvalue weighted by atomic mass is 10.0. The molecule has 0 rings (SSSR count). The maximum Gasteiger partial charge on any atom is 0.0574 e. The Morgan fingerprint density at radius 3 is 2.18 bits per heavy atom. The third-order valence-corrected chi connectivity index (χ3v) is 3.22. The van der Waals surface area contributed by atoms with E-state index in [1.807, 2.05) is 0 Å². The second kappa shape index (κ2) is 9.50. The van der Waals surface area contributed by atoms with Gasteiger partial charge in [-0.2, -0.15) is 0 Å². The molecular weight excluding hydrogens is 208 g/mol. The van der Waals surface area contributed by atoms with Gasteiger partial charge in [-0.25, -0.2) is 0 Å².